The molecule has 1 aliphatic rings. The zero-order chi connectivity index (χ0) is 11.0. The highest BCUT2D eigenvalue weighted by atomic mass is 35.5. The molecule has 0 atom stereocenters. The van der Waals surface area contributed by atoms with Crippen LogP contribution >= 0.6 is 11.6 Å². The molecule has 1 aromatic carbocycles. The van der Waals surface area contributed by atoms with E-state index in [1.165, 1.54) is 5.56 Å². The molecule has 4 heteroatoms. The highest BCUT2D eigenvalue weighted by Gasteiger charge is 2.18. The van der Waals surface area contributed by atoms with Crippen molar-refractivity contribution in [3.63, 3.8) is 0 Å². The maximum Gasteiger partial charge on any atom is 0.162 e. The number of hydrogen-bond acceptors (Lipinski definition) is 3. The summed E-state index contributed by atoms with van der Waals surface area (Å²) in [6.45, 7) is 0.736. The van der Waals surface area contributed by atoms with E-state index in [2.05, 4.69) is 16.0 Å². The van der Waals surface area contributed by atoms with Crippen molar-refractivity contribution >= 4 is 11.6 Å². The summed E-state index contributed by atoms with van der Waals surface area (Å²) in [7, 11) is 0. The maximum absolute atomic E-state index is 5.76. The number of para-hydroxylation sites is 1. The lowest BCUT2D eigenvalue weighted by Crippen LogP contribution is -1.92. The second-order valence-electron chi connectivity index (χ2n) is 3.62. The van der Waals surface area contributed by atoms with E-state index in [0.29, 0.717) is 10.8 Å². The van der Waals surface area contributed by atoms with Crippen molar-refractivity contribution < 1.29 is 4.74 Å². The van der Waals surface area contributed by atoms with Crippen molar-refractivity contribution in [3.05, 3.63) is 41.2 Å². The summed E-state index contributed by atoms with van der Waals surface area (Å²) < 4.78 is 5.60. The van der Waals surface area contributed by atoms with Crippen LogP contribution in [0.15, 0.2) is 30.6 Å². The van der Waals surface area contributed by atoms with Crippen molar-refractivity contribution in [3.8, 4) is 17.1 Å². The zero-order valence-electron chi connectivity index (χ0n) is 8.48. The van der Waals surface area contributed by atoms with Crippen LogP contribution in [0.5, 0.6) is 5.75 Å². The fraction of sp³-hybridized carbons (Fsp3) is 0.167. The largest absolute Gasteiger partial charge is 0.492 e. The normalized spacial score (nSPS) is 13.3. The second-order valence-corrected chi connectivity index (χ2v) is 4.05. The number of nitrogens with zero attached hydrogens (tertiary/aromatic N) is 2. The quantitative estimate of drug-likeness (QED) is 0.758. The third-order valence-corrected chi connectivity index (χ3v) is 2.77. The third kappa shape index (κ3) is 1.53. The van der Waals surface area contributed by atoms with E-state index in [1.54, 1.807) is 12.4 Å². The first-order chi connectivity index (χ1) is 7.84. The molecule has 0 amide bonds. The van der Waals surface area contributed by atoms with Gasteiger partial charge in [0, 0.05) is 18.8 Å². The molecule has 0 spiro atoms. The molecular weight excluding hydrogens is 224 g/mol. The third-order valence-electron chi connectivity index (χ3n) is 2.58. The Kier molecular flexibility index (Phi) is 2.26. The summed E-state index contributed by atoms with van der Waals surface area (Å²) in [5.74, 6) is 1.56. The van der Waals surface area contributed by atoms with Gasteiger partial charge in [0.2, 0.25) is 0 Å². The topological polar surface area (TPSA) is 35.0 Å². The molecular formula is C12H9ClN2O. The van der Waals surface area contributed by atoms with Gasteiger partial charge in [0.05, 0.1) is 17.2 Å². The lowest BCUT2D eigenvalue weighted by atomic mass is 10.1. The Morgan fingerprint density at radius 2 is 2.00 bits per heavy atom. The number of halogens is 1. The van der Waals surface area contributed by atoms with Crippen molar-refractivity contribution in [2.75, 3.05) is 6.61 Å². The Balaban J connectivity index is 2.13. The molecule has 0 bridgehead atoms. The van der Waals surface area contributed by atoms with Crippen molar-refractivity contribution in [1.29, 1.82) is 0 Å². The van der Waals surface area contributed by atoms with Gasteiger partial charge < -0.3 is 4.74 Å². The second kappa shape index (κ2) is 3.76. The van der Waals surface area contributed by atoms with Crippen LogP contribution in [0.25, 0.3) is 11.4 Å². The van der Waals surface area contributed by atoms with Gasteiger partial charge in [0.1, 0.15) is 5.75 Å². The van der Waals surface area contributed by atoms with E-state index in [0.717, 1.165) is 24.3 Å². The molecule has 0 fully saturated rings. The molecule has 0 radical (unpaired) electrons. The molecule has 2 heterocycles. The number of ether oxygens (including phenoxy) is 1. The minimum absolute atomic E-state index is 0.539. The van der Waals surface area contributed by atoms with E-state index >= 15 is 0 Å². The van der Waals surface area contributed by atoms with Crippen LogP contribution in [-0.2, 0) is 6.42 Å². The minimum Gasteiger partial charge on any atom is -0.492 e. The Hall–Kier alpha value is -1.61. The van der Waals surface area contributed by atoms with E-state index in [-0.39, 0.29) is 0 Å². The standard InChI is InChI=1S/C12H9ClN2O/c13-9-6-14-12(15-7-9)10-3-1-2-8-4-5-16-11(8)10/h1-3,6-7H,4-5H2. The molecule has 0 saturated carbocycles. The van der Waals surface area contributed by atoms with Gasteiger partial charge in [-0.25, -0.2) is 9.97 Å². The lowest BCUT2D eigenvalue weighted by molar-refractivity contribution is 0.358. The number of hydrogen-bond donors (Lipinski definition) is 0. The van der Waals surface area contributed by atoms with Crippen LogP contribution in [0.1, 0.15) is 5.56 Å². The molecule has 80 valence electrons. The fourth-order valence-corrected chi connectivity index (χ4v) is 1.94. The van der Waals surface area contributed by atoms with Gasteiger partial charge in [-0.2, -0.15) is 0 Å². The molecule has 3 nitrogen and oxygen atoms in total. The molecule has 0 aliphatic carbocycles. The van der Waals surface area contributed by atoms with Gasteiger partial charge in [-0.15, -0.1) is 0 Å². The predicted octanol–water partition coefficient (Wildman–Crippen LogP) is 2.73. The molecule has 1 aliphatic heterocycles. The highest BCUT2D eigenvalue weighted by molar-refractivity contribution is 6.30. The monoisotopic (exact) mass is 232 g/mol. The summed E-state index contributed by atoms with van der Waals surface area (Å²) in [5.41, 5.74) is 2.16. The lowest BCUT2D eigenvalue weighted by Gasteiger charge is -2.06. The minimum atomic E-state index is 0.539. The van der Waals surface area contributed by atoms with Crippen LogP contribution < -0.4 is 4.74 Å². The van der Waals surface area contributed by atoms with E-state index < -0.39 is 0 Å². The summed E-state index contributed by atoms with van der Waals surface area (Å²) in [6.07, 6.45) is 4.15. The summed E-state index contributed by atoms with van der Waals surface area (Å²) in [6, 6.07) is 6.04. The Morgan fingerprint density at radius 1 is 1.19 bits per heavy atom. The molecule has 0 saturated heterocycles. The van der Waals surface area contributed by atoms with E-state index in [1.807, 2.05) is 12.1 Å². The van der Waals surface area contributed by atoms with Crippen LogP contribution in [0.2, 0.25) is 5.02 Å². The van der Waals surface area contributed by atoms with Crippen molar-refractivity contribution in [1.82, 2.24) is 9.97 Å². The number of benzene rings is 1. The van der Waals surface area contributed by atoms with Gasteiger partial charge in [-0.3, -0.25) is 0 Å². The van der Waals surface area contributed by atoms with Gasteiger partial charge in [0.25, 0.3) is 0 Å². The van der Waals surface area contributed by atoms with E-state index in [4.69, 9.17) is 16.3 Å². The van der Waals surface area contributed by atoms with E-state index in [9.17, 15) is 0 Å². The zero-order valence-corrected chi connectivity index (χ0v) is 9.24. The summed E-state index contributed by atoms with van der Waals surface area (Å²) in [5, 5.41) is 0.539. The average Bonchev–Trinajstić information content (AvgIpc) is 2.78. The fourth-order valence-electron chi connectivity index (χ4n) is 1.84. The summed E-state index contributed by atoms with van der Waals surface area (Å²) >= 11 is 5.76. The van der Waals surface area contributed by atoms with Crippen LogP contribution in [-0.4, -0.2) is 16.6 Å². The van der Waals surface area contributed by atoms with Crippen LogP contribution in [0.3, 0.4) is 0 Å². The first-order valence-electron chi connectivity index (χ1n) is 5.07. The molecule has 3 rings (SSSR count). The first-order valence-corrected chi connectivity index (χ1v) is 5.45. The van der Waals surface area contributed by atoms with Crippen molar-refractivity contribution in [2.45, 2.75) is 6.42 Å². The number of fused-ring (bicyclic) bond motifs is 1. The highest BCUT2D eigenvalue weighted by Crippen LogP contribution is 2.34. The molecule has 1 aromatic heterocycles. The Morgan fingerprint density at radius 3 is 2.81 bits per heavy atom. The van der Waals surface area contributed by atoms with Gasteiger partial charge in [0.15, 0.2) is 5.82 Å². The van der Waals surface area contributed by atoms with Crippen LogP contribution in [0.4, 0.5) is 0 Å². The molecule has 16 heavy (non-hydrogen) atoms. The number of rotatable bonds is 1. The summed E-state index contributed by atoms with van der Waals surface area (Å²) in [4.78, 5) is 8.41. The first kappa shape index (κ1) is 9.60. The van der Waals surface area contributed by atoms with Crippen LogP contribution in [0, 0.1) is 0 Å². The van der Waals surface area contributed by atoms with Gasteiger partial charge in [-0.1, -0.05) is 23.7 Å². The predicted molar refractivity (Wildman–Crippen MR) is 61.7 cm³/mol. The van der Waals surface area contributed by atoms with Gasteiger partial charge >= 0.3 is 0 Å². The SMILES string of the molecule is Clc1cnc(-c2cccc3c2OCC3)nc1. The molecule has 0 N–H and O–H groups in total. The Bertz CT molecular complexity index is 525. The molecule has 2 aromatic rings. The van der Waals surface area contributed by atoms with Crippen molar-refractivity contribution in [2.24, 2.45) is 0 Å². The Labute approximate surface area is 98.1 Å². The maximum atomic E-state index is 5.76. The van der Waals surface area contributed by atoms with Gasteiger partial charge in [-0.05, 0) is 11.6 Å². The smallest absolute Gasteiger partial charge is 0.162 e. The number of aromatic nitrogens is 2. The average molecular weight is 233 g/mol. The molecule has 0 unspecified atom stereocenters.